The molecular weight excluding hydrogens is 162 g/mol. The van der Waals surface area contributed by atoms with Crippen LogP contribution in [0.4, 0.5) is 0 Å². The van der Waals surface area contributed by atoms with Gasteiger partial charge in [-0.1, -0.05) is 20.8 Å². The topological polar surface area (TPSA) is 29.9 Å². The highest BCUT2D eigenvalue weighted by molar-refractivity contribution is 5.10. The Morgan fingerprint density at radius 1 is 1.46 bits per heavy atom. The third-order valence-electron chi connectivity index (χ3n) is 2.08. The first-order chi connectivity index (χ1) is 6.05. The van der Waals surface area contributed by atoms with E-state index in [0.717, 1.165) is 13.1 Å². The van der Waals surface area contributed by atoms with E-state index in [1.807, 2.05) is 19.6 Å². The highest BCUT2D eigenvalue weighted by atomic mass is 15.1. The van der Waals surface area contributed by atoms with Crippen LogP contribution in [0.15, 0.2) is 12.5 Å². The molecule has 0 aliphatic heterocycles. The summed E-state index contributed by atoms with van der Waals surface area (Å²) in [5.74, 6) is 0. The monoisotopic (exact) mass is 181 g/mol. The number of nitrogens with one attached hydrogen (secondary N) is 1. The second-order valence-electron chi connectivity index (χ2n) is 4.33. The number of nitrogens with zero attached hydrogens (tertiary/aromatic N) is 2. The molecular formula is C10H19N3. The van der Waals surface area contributed by atoms with Gasteiger partial charge < -0.3 is 9.88 Å². The molecule has 0 aromatic carbocycles. The van der Waals surface area contributed by atoms with Gasteiger partial charge in [-0.05, 0) is 7.05 Å². The van der Waals surface area contributed by atoms with Crippen molar-refractivity contribution in [3.63, 3.8) is 0 Å². The van der Waals surface area contributed by atoms with Gasteiger partial charge in [-0.2, -0.15) is 0 Å². The van der Waals surface area contributed by atoms with Gasteiger partial charge in [0, 0.05) is 30.4 Å². The summed E-state index contributed by atoms with van der Waals surface area (Å²) in [6.07, 6.45) is 3.85. The van der Waals surface area contributed by atoms with Crippen molar-refractivity contribution in [1.82, 2.24) is 14.9 Å². The fourth-order valence-corrected chi connectivity index (χ4v) is 1.36. The Morgan fingerprint density at radius 2 is 2.15 bits per heavy atom. The third kappa shape index (κ3) is 2.56. The SMILES string of the molecule is CNCCn1cncc1C(C)(C)C. The third-order valence-corrected chi connectivity index (χ3v) is 2.08. The molecule has 1 rings (SSSR count). The van der Waals surface area contributed by atoms with E-state index >= 15 is 0 Å². The normalized spacial score (nSPS) is 12.0. The lowest BCUT2D eigenvalue weighted by atomic mass is 9.92. The summed E-state index contributed by atoms with van der Waals surface area (Å²) in [5, 5.41) is 3.14. The molecule has 0 amide bonds. The molecule has 0 aliphatic rings. The number of imidazole rings is 1. The summed E-state index contributed by atoms with van der Waals surface area (Å²) in [6.45, 7) is 8.60. The first-order valence-corrected chi connectivity index (χ1v) is 4.71. The lowest BCUT2D eigenvalue weighted by Gasteiger charge is -2.20. The van der Waals surface area contributed by atoms with Crippen LogP contribution in [0.2, 0.25) is 0 Å². The van der Waals surface area contributed by atoms with Gasteiger partial charge >= 0.3 is 0 Å². The summed E-state index contributed by atoms with van der Waals surface area (Å²) < 4.78 is 2.20. The highest BCUT2D eigenvalue weighted by Gasteiger charge is 2.17. The van der Waals surface area contributed by atoms with Gasteiger partial charge in [0.1, 0.15) is 0 Å². The lowest BCUT2D eigenvalue weighted by Crippen LogP contribution is -2.21. The summed E-state index contributed by atoms with van der Waals surface area (Å²) in [4.78, 5) is 4.18. The molecule has 1 heterocycles. The van der Waals surface area contributed by atoms with E-state index in [9.17, 15) is 0 Å². The second-order valence-corrected chi connectivity index (χ2v) is 4.33. The molecule has 1 aromatic heterocycles. The predicted molar refractivity (Wildman–Crippen MR) is 54.9 cm³/mol. The van der Waals surface area contributed by atoms with Gasteiger partial charge in [-0.3, -0.25) is 0 Å². The molecule has 1 N–H and O–H groups in total. The molecule has 0 aliphatic carbocycles. The minimum atomic E-state index is 0.185. The van der Waals surface area contributed by atoms with Crippen molar-refractivity contribution in [1.29, 1.82) is 0 Å². The molecule has 74 valence electrons. The van der Waals surface area contributed by atoms with E-state index < -0.39 is 0 Å². The Bertz CT molecular complexity index is 257. The predicted octanol–water partition coefficient (Wildman–Crippen LogP) is 1.40. The van der Waals surface area contributed by atoms with Crippen LogP contribution in [0.5, 0.6) is 0 Å². The van der Waals surface area contributed by atoms with Crippen molar-refractivity contribution in [3.05, 3.63) is 18.2 Å². The zero-order chi connectivity index (χ0) is 9.90. The van der Waals surface area contributed by atoms with Crippen LogP contribution in [0, 0.1) is 0 Å². The van der Waals surface area contributed by atoms with E-state index in [1.165, 1.54) is 5.69 Å². The number of likely N-dealkylation sites (N-methyl/N-ethyl adjacent to an activating group) is 1. The minimum absolute atomic E-state index is 0.185. The Morgan fingerprint density at radius 3 is 2.69 bits per heavy atom. The molecule has 0 fully saturated rings. The average molecular weight is 181 g/mol. The number of rotatable bonds is 3. The Hall–Kier alpha value is -0.830. The molecule has 3 nitrogen and oxygen atoms in total. The number of hydrogen-bond donors (Lipinski definition) is 1. The molecule has 0 bridgehead atoms. The van der Waals surface area contributed by atoms with E-state index in [0.29, 0.717) is 0 Å². The van der Waals surface area contributed by atoms with Gasteiger partial charge in [0.2, 0.25) is 0 Å². The standard InChI is InChI=1S/C10H19N3/c1-10(2,3)9-7-12-8-13(9)6-5-11-4/h7-8,11H,5-6H2,1-4H3. The van der Waals surface area contributed by atoms with Gasteiger partial charge in [0.15, 0.2) is 0 Å². The molecule has 3 heteroatoms. The lowest BCUT2D eigenvalue weighted by molar-refractivity contribution is 0.510. The summed E-state index contributed by atoms with van der Waals surface area (Å²) in [5.41, 5.74) is 1.48. The summed E-state index contributed by atoms with van der Waals surface area (Å²) in [6, 6.07) is 0. The maximum atomic E-state index is 4.18. The largest absolute Gasteiger partial charge is 0.333 e. The van der Waals surface area contributed by atoms with Crippen LogP contribution in [0.1, 0.15) is 26.5 Å². The second kappa shape index (κ2) is 3.92. The van der Waals surface area contributed by atoms with E-state index in [4.69, 9.17) is 0 Å². The zero-order valence-corrected chi connectivity index (χ0v) is 8.96. The van der Waals surface area contributed by atoms with Crippen LogP contribution in [0.3, 0.4) is 0 Å². The molecule has 13 heavy (non-hydrogen) atoms. The van der Waals surface area contributed by atoms with Crippen LogP contribution in [-0.4, -0.2) is 23.1 Å². The first kappa shape index (κ1) is 10.3. The van der Waals surface area contributed by atoms with Crippen molar-refractivity contribution >= 4 is 0 Å². The number of hydrogen-bond acceptors (Lipinski definition) is 2. The molecule has 0 spiro atoms. The van der Waals surface area contributed by atoms with Gasteiger partial charge in [-0.25, -0.2) is 4.98 Å². The van der Waals surface area contributed by atoms with Crippen LogP contribution in [-0.2, 0) is 12.0 Å². The van der Waals surface area contributed by atoms with Crippen molar-refractivity contribution in [2.45, 2.75) is 32.7 Å². The summed E-state index contributed by atoms with van der Waals surface area (Å²) >= 11 is 0. The fourth-order valence-electron chi connectivity index (χ4n) is 1.36. The molecule has 0 saturated heterocycles. The van der Waals surface area contributed by atoms with Crippen LogP contribution >= 0.6 is 0 Å². The molecule has 0 atom stereocenters. The fraction of sp³-hybridized carbons (Fsp3) is 0.700. The van der Waals surface area contributed by atoms with E-state index in [-0.39, 0.29) is 5.41 Å². The average Bonchev–Trinajstić information content (AvgIpc) is 2.47. The minimum Gasteiger partial charge on any atom is -0.333 e. The van der Waals surface area contributed by atoms with Crippen molar-refractivity contribution < 1.29 is 0 Å². The van der Waals surface area contributed by atoms with Crippen LogP contribution in [0.25, 0.3) is 0 Å². The van der Waals surface area contributed by atoms with Crippen molar-refractivity contribution in [2.75, 3.05) is 13.6 Å². The van der Waals surface area contributed by atoms with Crippen LogP contribution < -0.4 is 5.32 Å². The number of aromatic nitrogens is 2. The first-order valence-electron chi connectivity index (χ1n) is 4.71. The van der Waals surface area contributed by atoms with Gasteiger partial charge in [-0.15, -0.1) is 0 Å². The van der Waals surface area contributed by atoms with Crippen molar-refractivity contribution in [2.24, 2.45) is 0 Å². The smallest absolute Gasteiger partial charge is 0.0948 e. The Labute approximate surface area is 80.2 Å². The van der Waals surface area contributed by atoms with Crippen molar-refractivity contribution in [3.8, 4) is 0 Å². The zero-order valence-electron chi connectivity index (χ0n) is 8.96. The van der Waals surface area contributed by atoms with Gasteiger partial charge in [0.05, 0.1) is 6.33 Å². The Balaban J connectivity index is 2.77. The molecule has 0 unspecified atom stereocenters. The molecule has 0 radical (unpaired) electrons. The molecule has 0 saturated carbocycles. The quantitative estimate of drug-likeness (QED) is 0.764. The highest BCUT2D eigenvalue weighted by Crippen LogP contribution is 2.21. The molecule has 1 aromatic rings. The maximum Gasteiger partial charge on any atom is 0.0948 e. The maximum absolute atomic E-state index is 4.18. The van der Waals surface area contributed by atoms with E-state index in [1.54, 1.807) is 0 Å². The van der Waals surface area contributed by atoms with E-state index in [2.05, 4.69) is 35.6 Å². The summed E-state index contributed by atoms with van der Waals surface area (Å²) in [7, 11) is 1.97. The van der Waals surface area contributed by atoms with Gasteiger partial charge in [0.25, 0.3) is 0 Å². The Kier molecular flexibility index (Phi) is 3.09.